The Morgan fingerprint density at radius 1 is 0.968 bits per heavy atom. The topological polar surface area (TPSA) is 121 Å². The second-order valence-electron chi connectivity index (χ2n) is 6.68. The molecule has 160 valence electrons. The van der Waals surface area contributed by atoms with Crippen LogP contribution in [0.15, 0.2) is 54.6 Å². The number of benzene rings is 3. The molecule has 0 saturated carbocycles. The second-order valence-corrected chi connectivity index (χ2v) is 8.05. The van der Waals surface area contributed by atoms with Crippen molar-refractivity contribution in [3.05, 3.63) is 81.9 Å². The van der Waals surface area contributed by atoms with Gasteiger partial charge in [0.15, 0.2) is 11.1 Å². The van der Waals surface area contributed by atoms with Crippen molar-refractivity contribution in [1.29, 1.82) is 0 Å². The fourth-order valence-electron chi connectivity index (χ4n) is 3.10. The van der Waals surface area contributed by atoms with Gasteiger partial charge in [0.2, 0.25) is 0 Å². The monoisotopic (exact) mass is 460 g/mol. The van der Waals surface area contributed by atoms with Gasteiger partial charge in [-0.2, -0.15) is 0 Å². The van der Waals surface area contributed by atoms with Crippen LogP contribution in [0, 0.1) is 6.92 Å². The first-order valence-corrected chi connectivity index (χ1v) is 10.6. The van der Waals surface area contributed by atoms with E-state index in [9.17, 15) is 28.6 Å². The smallest absolute Gasteiger partial charge is 0.336 e. The average molecular weight is 461 g/mol. The van der Waals surface area contributed by atoms with Gasteiger partial charge >= 0.3 is 11.9 Å². The molecule has 0 aliphatic rings. The van der Waals surface area contributed by atoms with Gasteiger partial charge in [-0.25, -0.2) is 13.8 Å². The number of ether oxygens (including phenoxy) is 1. The van der Waals surface area contributed by atoms with Crippen LogP contribution in [0.25, 0.3) is 11.1 Å². The molecular weight excluding hydrogens is 444 g/mol. The van der Waals surface area contributed by atoms with Crippen molar-refractivity contribution in [2.45, 2.75) is 12.7 Å². The molecule has 1 unspecified atom stereocenters. The summed E-state index contributed by atoms with van der Waals surface area (Å²) < 4.78 is 26.5. The highest BCUT2D eigenvalue weighted by Gasteiger charge is 2.21. The highest BCUT2D eigenvalue weighted by atomic mass is 35.5. The Bertz CT molecular complexity index is 1210. The fraction of sp³-hybridized carbons (Fsp3) is 0.0909. The number of hydrogen-bond acceptors (Lipinski definition) is 4. The summed E-state index contributed by atoms with van der Waals surface area (Å²) in [6, 6.07) is 13.9. The summed E-state index contributed by atoms with van der Waals surface area (Å²) in [5.41, 5.74) is 1.02. The minimum atomic E-state index is -2.11. The van der Waals surface area contributed by atoms with Crippen LogP contribution in [0.3, 0.4) is 0 Å². The van der Waals surface area contributed by atoms with Gasteiger partial charge in [0.05, 0.1) is 16.9 Å². The lowest BCUT2D eigenvalue weighted by Gasteiger charge is -2.16. The summed E-state index contributed by atoms with van der Waals surface area (Å²) in [7, 11) is 0. The van der Waals surface area contributed by atoms with Crippen molar-refractivity contribution in [3.63, 3.8) is 0 Å². The van der Waals surface area contributed by atoms with Gasteiger partial charge < -0.3 is 19.5 Å². The number of carboxylic acid groups (broad SMARTS) is 2. The molecule has 3 aromatic rings. The molecule has 0 saturated heterocycles. The predicted molar refractivity (Wildman–Crippen MR) is 117 cm³/mol. The van der Waals surface area contributed by atoms with Crippen LogP contribution >= 0.6 is 11.6 Å². The van der Waals surface area contributed by atoms with Gasteiger partial charge in [-0.15, -0.1) is 0 Å². The first-order chi connectivity index (χ1) is 14.7. The van der Waals surface area contributed by atoms with Gasteiger partial charge in [0.25, 0.3) is 0 Å². The SMILES string of the molecule is Cc1cc(-c2cc(CS(=O)O)ccc2Oc2cccc(Cl)c2)c(C(=O)O)cc1C(=O)O. The average Bonchev–Trinajstić information content (AvgIpc) is 2.68. The molecule has 0 radical (unpaired) electrons. The van der Waals surface area contributed by atoms with Crippen molar-refractivity contribution in [3.8, 4) is 22.6 Å². The van der Waals surface area contributed by atoms with E-state index in [1.807, 2.05) is 0 Å². The highest BCUT2D eigenvalue weighted by molar-refractivity contribution is 7.78. The molecule has 9 heteroatoms. The van der Waals surface area contributed by atoms with E-state index >= 15 is 0 Å². The van der Waals surface area contributed by atoms with Crippen molar-refractivity contribution >= 4 is 34.6 Å². The second kappa shape index (κ2) is 9.30. The minimum absolute atomic E-state index is 0.133. The van der Waals surface area contributed by atoms with E-state index in [0.29, 0.717) is 27.5 Å². The number of aryl methyl sites for hydroxylation is 1. The molecule has 31 heavy (non-hydrogen) atoms. The van der Waals surface area contributed by atoms with Crippen molar-refractivity contribution < 1.29 is 33.3 Å². The van der Waals surface area contributed by atoms with Crippen LogP contribution in [0.1, 0.15) is 31.8 Å². The predicted octanol–water partition coefficient (Wildman–Crippen LogP) is 5.23. The molecule has 7 nitrogen and oxygen atoms in total. The molecule has 3 rings (SSSR count). The Hall–Kier alpha value is -3.20. The van der Waals surface area contributed by atoms with E-state index in [2.05, 4.69) is 0 Å². The molecular formula is C22H17ClO7S. The lowest BCUT2D eigenvalue weighted by atomic mass is 9.92. The maximum absolute atomic E-state index is 11.9. The highest BCUT2D eigenvalue weighted by Crippen LogP contribution is 2.38. The Labute approximate surface area is 185 Å². The molecule has 0 aliphatic heterocycles. The quantitative estimate of drug-likeness (QED) is 0.413. The lowest BCUT2D eigenvalue weighted by molar-refractivity contribution is 0.0695. The van der Waals surface area contributed by atoms with Crippen molar-refractivity contribution in [2.24, 2.45) is 0 Å². The number of carboxylic acids is 2. The molecule has 0 bridgehead atoms. The zero-order valence-electron chi connectivity index (χ0n) is 16.2. The van der Waals surface area contributed by atoms with Gasteiger partial charge in [-0.3, -0.25) is 0 Å². The first-order valence-electron chi connectivity index (χ1n) is 8.91. The summed E-state index contributed by atoms with van der Waals surface area (Å²) >= 11 is 3.90. The fourth-order valence-corrected chi connectivity index (χ4v) is 3.75. The Balaban J connectivity index is 2.24. The van der Waals surface area contributed by atoms with Gasteiger partial charge in [-0.1, -0.05) is 23.7 Å². The molecule has 3 aromatic carbocycles. The lowest BCUT2D eigenvalue weighted by Crippen LogP contribution is -2.07. The van der Waals surface area contributed by atoms with Gasteiger partial charge in [-0.05, 0) is 60.5 Å². The summed E-state index contributed by atoms with van der Waals surface area (Å²) in [5.74, 6) is -2.05. The van der Waals surface area contributed by atoms with Crippen LogP contribution in [0.2, 0.25) is 5.02 Å². The van der Waals surface area contributed by atoms with Crippen LogP contribution < -0.4 is 4.74 Å². The summed E-state index contributed by atoms with van der Waals surface area (Å²) in [6.45, 7) is 1.56. The minimum Gasteiger partial charge on any atom is -0.478 e. The van der Waals surface area contributed by atoms with Crippen molar-refractivity contribution in [2.75, 3.05) is 0 Å². The Kier molecular flexibility index (Phi) is 6.74. The van der Waals surface area contributed by atoms with Crippen molar-refractivity contribution in [1.82, 2.24) is 0 Å². The Morgan fingerprint density at radius 2 is 1.68 bits per heavy atom. The number of halogens is 1. The summed E-state index contributed by atoms with van der Waals surface area (Å²) in [5, 5.41) is 19.5. The zero-order valence-corrected chi connectivity index (χ0v) is 17.7. The third-order valence-corrected chi connectivity index (χ3v) is 5.29. The Morgan fingerprint density at radius 3 is 2.29 bits per heavy atom. The van der Waals surface area contributed by atoms with E-state index in [-0.39, 0.29) is 28.2 Å². The van der Waals surface area contributed by atoms with E-state index < -0.39 is 23.0 Å². The molecule has 0 aromatic heterocycles. The van der Waals surface area contributed by atoms with Crippen LogP contribution in [-0.2, 0) is 16.8 Å². The largest absolute Gasteiger partial charge is 0.478 e. The molecule has 3 N–H and O–H groups in total. The molecule has 0 spiro atoms. The third kappa shape index (κ3) is 5.29. The van der Waals surface area contributed by atoms with Crippen LogP contribution in [0.4, 0.5) is 0 Å². The first kappa shape index (κ1) is 22.5. The van der Waals surface area contributed by atoms with Gasteiger partial charge in [0, 0.05) is 16.1 Å². The number of rotatable bonds is 7. The summed E-state index contributed by atoms with van der Waals surface area (Å²) in [4.78, 5) is 23.4. The standard InChI is InChI=1S/C22H17ClO7S/c1-12-7-17(19(22(26)27)10-16(12)21(24)25)18-8-13(11-31(28)29)5-6-20(18)30-15-4-2-3-14(23)9-15/h2-10H,11H2,1H3,(H,24,25)(H,26,27)(H,28,29). The molecule has 0 amide bonds. The molecule has 1 atom stereocenters. The number of aromatic carboxylic acids is 2. The number of hydrogen-bond donors (Lipinski definition) is 3. The normalized spacial score (nSPS) is 11.7. The van der Waals surface area contributed by atoms with Crippen LogP contribution in [-0.4, -0.2) is 30.9 Å². The zero-order chi connectivity index (χ0) is 22.7. The molecule has 0 heterocycles. The van der Waals surface area contributed by atoms with E-state index in [1.54, 1.807) is 49.4 Å². The van der Waals surface area contributed by atoms with E-state index in [4.69, 9.17) is 16.3 Å². The van der Waals surface area contributed by atoms with E-state index in [1.165, 1.54) is 6.07 Å². The number of carbonyl (C=O) groups is 2. The molecule has 0 fully saturated rings. The van der Waals surface area contributed by atoms with E-state index in [0.717, 1.165) is 6.07 Å². The van der Waals surface area contributed by atoms with Gasteiger partial charge in [0.1, 0.15) is 11.5 Å². The third-order valence-electron chi connectivity index (χ3n) is 4.47. The maximum atomic E-state index is 11.9. The van der Waals surface area contributed by atoms with Crippen LogP contribution in [0.5, 0.6) is 11.5 Å². The maximum Gasteiger partial charge on any atom is 0.336 e. The molecule has 0 aliphatic carbocycles. The summed E-state index contributed by atoms with van der Waals surface area (Å²) in [6.07, 6.45) is 0.